The summed E-state index contributed by atoms with van der Waals surface area (Å²) in [6.45, 7) is 2.64. The molecule has 3 aromatic rings. The molecule has 0 atom stereocenters. The number of allylic oxidation sites excluding steroid dienone is 1. The van der Waals surface area contributed by atoms with Crippen molar-refractivity contribution in [3.05, 3.63) is 101 Å². The molecule has 0 saturated heterocycles. The van der Waals surface area contributed by atoms with Crippen LogP contribution in [0.4, 0.5) is 0 Å². The van der Waals surface area contributed by atoms with Crippen molar-refractivity contribution in [3.8, 4) is 0 Å². The Labute approximate surface area is 158 Å². The second-order valence-electron chi connectivity index (χ2n) is 6.25. The number of carboxylic acid groups (broad SMARTS) is 1. The third-order valence-electron chi connectivity index (χ3n) is 4.46. The average molecular weight is 359 g/mol. The first kappa shape index (κ1) is 18.4. The molecule has 0 amide bonds. The van der Waals surface area contributed by atoms with E-state index in [0.29, 0.717) is 17.8 Å². The molecule has 0 saturated carbocycles. The zero-order valence-corrected chi connectivity index (χ0v) is 15.1. The number of aryl methyl sites for hydroxylation is 1. The molecule has 2 aromatic carbocycles. The molecule has 0 spiro atoms. The molecule has 27 heavy (non-hydrogen) atoms. The van der Waals surface area contributed by atoms with Gasteiger partial charge in [0.05, 0.1) is 11.3 Å². The van der Waals surface area contributed by atoms with Gasteiger partial charge < -0.3 is 9.67 Å². The third kappa shape index (κ3) is 4.42. The minimum Gasteiger partial charge on any atom is -0.478 e. The molecular weight excluding hydrogens is 338 g/mol. The number of ketones is 1. The van der Waals surface area contributed by atoms with Gasteiger partial charge in [-0.2, -0.15) is 0 Å². The summed E-state index contributed by atoms with van der Waals surface area (Å²) >= 11 is 0. The van der Waals surface area contributed by atoms with Crippen LogP contribution in [0.25, 0.3) is 6.08 Å². The van der Waals surface area contributed by atoms with Crippen LogP contribution in [0.3, 0.4) is 0 Å². The fourth-order valence-electron chi connectivity index (χ4n) is 2.86. The van der Waals surface area contributed by atoms with E-state index in [1.165, 1.54) is 5.56 Å². The molecule has 4 heteroatoms. The van der Waals surface area contributed by atoms with E-state index in [4.69, 9.17) is 5.11 Å². The average Bonchev–Trinajstić information content (AvgIpc) is 3.16. The second-order valence-corrected chi connectivity index (χ2v) is 6.25. The Hall–Kier alpha value is -3.40. The monoisotopic (exact) mass is 359 g/mol. The van der Waals surface area contributed by atoms with Crippen LogP contribution in [0.1, 0.15) is 44.5 Å². The fraction of sp³-hybridized carbons (Fsp3) is 0.130. The first-order valence-corrected chi connectivity index (χ1v) is 8.87. The molecule has 4 nitrogen and oxygen atoms in total. The van der Waals surface area contributed by atoms with Gasteiger partial charge in [0.15, 0.2) is 0 Å². The van der Waals surface area contributed by atoms with Crippen LogP contribution >= 0.6 is 0 Å². The Morgan fingerprint density at radius 1 is 0.963 bits per heavy atom. The first-order valence-electron chi connectivity index (χ1n) is 8.87. The summed E-state index contributed by atoms with van der Waals surface area (Å²) < 4.78 is 1.90. The number of carbonyl (C=O) groups excluding carboxylic acids is 1. The maximum Gasteiger partial charge on any atom is 0.335 e. The van der Waals surface area contributed by atoms with Gasteiger partial charge in [0.2, 0.25) is 5.78 Å². The van der Waals surface area contributed by atoms with Gasteiger partial charge in [-0.15, -0.1) is 0 Å². The van der Waals surface area contributed by atoms with E-state index in [0.717, 1.165) is 12.0 Å². The number of carboxylic acids is 1. The molecule has 0 aliphatic carbocycles. The van der Waals surface area contributed by atoms with E-state index in [1.54, 1.807) is 24.3 Å². The van der Waals surface area contributed by atoms with Crippen molar-refractivity contribution in [2.24, 2.45) is 0 Å². The summed E-state index contributed by atoms with van der Waals surface area (Å²) in [5.74, 6) is -0.935. The minimum absolute atomic E-state index is 0.00173. The topological polar surface area (TPSA) is 59.3 Å². The number of benzene rings is 2. The molecule has 0 aliphatic heterocycles. The fourth-order valence-corrected chi connectivity index (χ4v) is 2.86. The summed E-state index contributed by atoms with van der Waals surface area (Å²) in [6, 6.07) is 18.1. The highest BCUT2D eigenvalue weighted by atomic mass is 16.4. The van der Waals surface area contributed by atoms with E-state index in [9.17, 15) is 9.59 Å². The lowest BCUT2D eigenvalue weighted by atomic mass is 10.0. The smallest absolute Gasteiger partial charge is 0.335 e. The van der Waals surface area contributed by atoms with Crippen molar-refractivity contribution in [2.75, 3.05) is 0 Å². The molecule has 1 aromatic heterocycles. The molecule has 1 heterocycles. The molecule has 3 rings (SSSR count). The molecular formula is C23H21NO3. The van der Waals surface area contributed by atoms with Crippen molar-refractivity contribution in [1.29, 1.82) is 0 Å². The number of hydrogen-bond acceptors (Lipinski definition) is 2. The Bertz CT molecular complexity index is 964. The van der Waals surface area contributed by atoms with Gasteiger partial charge in [0, 0.05) is 18.3 Å². The van der Waals surface area contributed by atoms with Gasteiger partial charge in [-0.1, -0.05) is 55.5 Å². The van der Waals surface area contributed by atoms with E-state index < -0.39 is 5.97 Å². The van der Waals surface area contributed by atoms with Crippen LogP contribution in [-0.4, -0.2) is 21.4 Å². The number of aromatic carboxylic acids is 1. The van der Waals surface area contributed by atoms with Crippen LogP contribution in [0, 0.1) is 0 Å². The van der Waals surface area contributed by atoms with Crippen LogP contribution in [0.15, 0.2) is 72.9 Å². The highest BCUT2D eigenvalue weighted by Crippen LogP contribution is 2.13. The summed E-state index contributed by atoms with van der Waals surface area (Å²) in [5, 5.41) is 8.93. The number of hydrogen-bond donors (Lipinski definition) is 1. The van der Waals surface area contributed by atoms with Gasteiger partial charge in [0.25, 0.3) is 0 Å². The van der Waals surface area contributed by atoms with Crippen LogP contribution < -0.4 is 0 Å². The van der Waals surface area contributed by atoms with Crippen molar-refractivity contribution < 1.29 is 14.7 Å². The van der Waals surface area contributed by atoms with Gasteiger partial charge >= 0.3 is 5.97 Å². The summed E-state index contributed by atoms with van der Waals surface area (Å²) in [7, 11) is 0. The number of carbonyl (C=O) groups is 2. The molecule has 0 fully saturated rings. The normalized spacial score (nSPS) is 11.0. The zero-order valence-electron chi connectivity index (χ0n) is 15.1. The van der Waals surface area contributed by atoms with Gasteiger partial charge in [-0.3, -0.25) is 4.79 Å². The van der Waals surface area contributed by atoms with Gasteiger partial charge in [-0.25, -0.2) is 4.79 Å². The predicted octanol–water partition coefficient (Wildman–Crippen LogP) is 4.69. The lowest BCUT2D eigenvalue weighted by molar-refractivity contribution is 0.0696. The second kappa shape index (κ2) is 8.32. The lowest BCUT2D eigenvalue weighted by Gasteiger charge is -2.07. The molecule has 0 aliphatic rings. The maximum atomic E-state index is 12.8. The molecule has 0 bridgehead atoms. The van der Waals surface area contributed by atoms with E-state index in [1.807, 2.05) is 59.3 Å². The Balaban J connectivity index is 1.70. The standard InChI is InChI=1S/C23H21NO3/c1-2-17-7-11-19(12-8-17)22(25)21-6-4-16-24(21)15-3-5-18-9-13-20(14-10-18)23(26)27/h3-14,16H,2,15H2,1H3,(H,26,27)/b5-3+. The summed E-state index contributed by atoms with van der Waals surface area (Å²) in [6.07, 6.45) is 6.69. The number of nitrogens with zero attached hydrogens (tertiary/aromatic N) is 1. The van der Waals surface area contributed by atoms with Crippen LogP contribution in [0.5, 0.6) is 0 Å². The molecule has 1 N–H and O–H groups in total. The third-order valence-corrected chi connectivity index (χ3v) is 4.46. The lowest BCUT2D eigenvalue weighted by Crippen LogP contribution is -2.09. The summed E-state index contributed by atoms with van der Waals surface area (Å²) in [5.41, 5.74) is 3.71. The van der Waals surface area contributed by atoms with E-state index in [-0.39, 0.29) is 11.3 Å². The van der Waals surface area contributed by atoms with E-state index >= 15 is 0 Å². The molecule has 0 unspecified atom stereocenters. The van der Waals surface area contributed by atoms with E-state index in [2.05, 4.69) is 6.92 Å². The molecule has 0 radical (unpaired) electrons. The Morgan fingerprint density at radius 3 is 2.26 bits per heavy atom. The van der Waals surface area contributed by atoms with Crippen LogP contribution in [-0.2, 0) is 13.0 Å². The van der Waals surface area contributed by atoms with Crippen LogP contribution in [0.2, 0.25) is 0 Å². The quantitative estimate of drug-likeness (QED) is 0.623. The van der Waals surface area contributed by atoms with Crippen molar-refractivity contribution in [3.63, 3.8) is 0 Å². The highest BCUT2D eigenvalue weighted by molar-refractivity contribution is 6.08. The SMILES string of the molecule is CCc1ccc(C(=O)c2cccn2C/C=C/c2ccc(C(=O)O)cc2)cc1. The number of rotatable bonds is 7. The van der Waals surface area contributed by atoms with Gasteiger partial charge in [0.1, 0.15) is 0 Å². The highest BCUT2D eigenvalue weighted by Gasteiger charge is 2.12. The van der Waals surface area contributed by atoms with Crippen molar-refractivity contribution >= 4 is 17.8 Å². The van der Waals surface area contributed by atoms with Crippen molar-refractivity contribution in [1.82, 2.24) is 4.57 Å². The predicted molar refractivity (Wildman–Crippen MR) is 106 cm³/mol. The first-order chi connectivity index (χ1) is 13.1. The summed E-state index contributed by atoms with van der Waals surface area (Å²) in [4.78, 5) is 23.6. The minimum atomic E-state index is -0.937. The van der Waals surface area contributed by atoms with Crippen molar-refractivity contribution in [2.45, 2.75) is 19.9 Å². The maximum absolute atomic E-state index is 12.8. The van der Waals surface area contributed by atoms with Gasteiger partial charge in [-0.05, 0) is 41.8 Å². The Kier molecular flexibility index (Phi) is 5.67. The number of aromatic nitrogens is 1. The zero-order chi connectivity index (χ0) is 19.2. The largest absolute Gasteiger partial charge is 0.478 e. The Morgan fingerprint density at radius 2 is 1.63 bits per heavy atom. The molecule has 136 valence electrons.